The van der Waals surface area contributed by atoms with E-state index in [9.17, 15) is 13.2 Å². The normalized spacial score (nSPS) is 17.1. The Kier molecular flexibility index (Phi) is 5.44. The SMILES string of the molecule is CCN(C)S(=O)(=O)c1cc2c(cc1N1CCN(C)CC1)Oc1ccccc1NC2=O. The van der Waals surface area contributed by atoms with Crippen LogP contribution in [0, 0.1) is 0 Å². The third-order valence-electron chi connectivity index (χ3n) is 5.64. The molecule has 2 aromatic rings. The van der Waals surface area contributed by atoms with E-state index < -0.39 is 15.9 Å². The first-order valence-corrected chi connectivity index (χ1v) is 11.4. The zero-order chi connectivity index (χ0) is 21.5. The highest BCUT2D eigenvalue weighted by Gasteiger charge is 2.31. The van der Waals surface area contributed by atoms with Gasteiger partial charge in [-0.15, -0.1) is 0 Å². The lowest BCUT2D eigenvalue weighted by atomic mass is 10.1. The van der Waals surface area contributed by atoms with Crippen LogP contribution in [0.5, 0.6) is 11.5 Å². The lowest BCUT2D eigenvalue weighted by Crippen LogP contribution is -2.45. The predicted molar refractivity (Wildman–Crippen MR) is 116 cm³/mol. The number of benzene rings is 2. The van der Waals surface area contributed by atoms with Crippen LogP contribution < -0.4 is 15.0 Å². The van der Waals surface area contributed by atoms with Crippen LogP contribution in [-0.4, -0.2) is 70.3 Å². The molecule has 4 rings (SSSR count). The molecule has 160 valence electrons. The molecule has 0 saturated carbocycles. The first kappa shape index (κ1) is 20.6. The molecule has 2 aromatic carbocycles. The molecule has 2 heterocycles. The van der Waals surface area contributed by atoms with Gasteiger partial charge in [-0.1, -0.05) is 19.1 Å². The summed E-state index contributed by atoms with van der Waals surface area (Å²) < 4.78 is 33.9. The summed E-state index contributed by atoms with van der Waals surface area (Å²) in [6, 6.07) is 10.3. The van der Waals surface area contributed by atoms with Crippen LogP contribution >= 0.6 is 0 Å². The van der Waals surface area contributed by atoms with Gasteiger partial charge in [0.2, 0.25) is 10.0 Å². The second-order valence-electron chi connectivity index (χ2n) is 7.58. The van der Waals surface area contributed by atoms with E-state index in [0.717, 1.165) is 13.1 Å². The molecule has 0 spiro atoms. The molecule has 0 bridgehead atoms. The number of rotatable bonds is 4. The van der Waals surface area contributed by atoms with Crippen LogP contribution in [0.2, 0.25) is 0 Å². The number of likely N-dealkylation sites (N-methyl/N-ethyl adjacent to an activating group) is 1. The summed E-state index contributed by atoms with van der Waals surface area (Å²) in [5.41, 5.74) is 1.32. The molecule has 0 unspecified atom stereocenters. The van der Waals surface area contributed by atoms with Crippen LogP contribution in [0.25, 0.3) is 0 Å². The Labute approximate surface area is 177 Å². The van der Waals surface area contributed by atoms with Crippen molar-refractivity contribution in [1.29, 1.82) is 0 Å². The molecule has 2 aliphatic heterocycles. The molecule has 8 nitrogen and oxygen atoms in total. The fraction of sp³-hybridized carbons (Fsp3) is 0.381. The topological polar surface area (TPSA) is 82.2 Å². The van der Waals surface area contributed by atoms with Gasteiger partial charge < -0.3 is 19.9 Å². The van der Waals surface area contributed by atoms with E-state index in [2.05, 4.69) is 15.1 Å². The molecular formula is C21H26N4O4S. The standard InChI is InChI=1S/C21H26N4O4S/c1-4-24(3)30(27,28)20-13-15-19(14-17(20)25-11-9-23(2)10-12-25)29-18-8-6-5-7-16(18)22-21(15)26/h5-8,13-14H,4,9-12H2,1-3H3,(H,22,26). The van der Waals surface area contributed by atoms with Crippen LogP contribution in [0.15, 0.2) is 41.3 Å². The molecule has 1 fully saturated rings. The second kappa shape index (κ2) is 7.90. The molecule has 1 amide bonds. The van der Waals surface area contributed by atoms with Crippen molar-refractivity contribution < 1.29 is 17.9 Å². The monoisotopic (exact) mass is 430 g/mol. The minimum atomic E-state index is -3.78. The number of sulfonamides is 1. The van der Waals surface area contributed by atoms with Crippen molar-refractivity contribution >= 4 is 27.3 Å². The van der Waals surface area contributed by atoms with Gasteiger partial charge in [-0.25, -0.2) is 12.7 Å². The highest BCUT2D eigenvalue weighted by atomic mass is 32.2. The van der Waals surface area contributed by atoms with E-state index in [1.165, 1.54) is 10.4 Å². The Morgan fingerprint density at radius 3 is 2.50 bits per heavy atom. The summed E-state index contributed by atoms with van der Waals surface area (Å²) in [5, 5.41) is 2.81. The van der Waals surface area contributed by atoms with Crippen molar-refractivity contribution in [2.45, 2.75) is 11.8 Å². The van der Waals surface area contributed by atoms with E-state index in [4.69, 9.17) is 4.74 Å². The maximum atomic E-state index is 13.3. The Balaban J connectivity index is 1.88. The molecule has 30 heavy (non-hydrogen) atoms. The average molecular weight is 431 g/mol. The number of para-hydroxylation sites is 2. The smallest absolute Gasteiger partial charge is 0.259 e. The highest BCUT2D eigenvalue weighted by Crippen LogP contribution is 2.41. The first-order valence-electron chi connectivity index (χ1n) is 9.97. The molecule has 1 N–H and O–H groups in total. The summed E-state index contributed by atoms with van der Waals surface area (Å²) in [6.07, 6.45) is 0. The van der Waals surface area contributed by atoms with E-state index in [0.29, 0.717) is 42.5 Å². The van der Waals surface area contributed by atoms with E-state index in [-0.39, 0.29) is 10.5 Å². The molecule has 2 aliphatic rings. The third-order valence-corrected chi connectivity index (χ3v) is 7.60. The number of nitrogens with zero attached hydrogens (tertiary/aromatic N) is 3. The second-order valence-corrected chi connectivity index (χ2v) is 9.59. The van der Waals surface area contributed by atoms with Crippen molar-refractivity contribution in [3.05, 3.63) is 42.0 Å². The molecule has 1 saturated heterocycles. The van der Waals surface area contributed by atoms with Crippen molar-refractivity contribution in [3.63, 3.8) is 0 Å². The third kappa shape index (κ3) is 3.64. The molecule has 0 aliphatic carbocycles. The van der Waals surface area contributed by atoms with Crippen molar-refractivity contribution in [2.24, 2.45) is 0 Å². The molecular weight excluding hydrogens is 404 g/mol. The van der Waals surface area contributed by atoms with Gasteiger partial charge in [0, 0.05) is 45.8 Å². The number of hydrogen-bond acceptors (Lipinski definition) is 6. The molecule has 0 atom stereocenters. The number of carbonyl (C=O) groups excluding carboxylic acids is 1. The van der Waals surface area contributed by atoms with Gasteiger partial charge in [0.1, 0.15) is 10.6 Å². The van der Waals surface area contributed by atoms with Gasteiger partial charge in [0.25, 0.3) is 5.91 Å². The number of amides is 1. The van der Waals surface area contributed by atoms with Gasteiger partial charge in [-0.05, 0) is 25.2 Å². The number of piperazine rings is 1. The fourth-order valence-corrected chi connectivity index (χ4v) is 5.01. The minimum Gasteiger partial charge on any atom is -0.454 e. The van der Waals surface area contributed by atoms with E-state index in [1.807, 2.05) is 13.1 Å². The minimum absolute atomic E-state index is 0.125. The van der Waals surface area contributed by atoms with Crippen LogP contribution in [0.1, 0.15) is 17.3 Å². The largest absolute Gasteiger partial charge is 0.454 e. The number of hydrogen-bond donors (Lipinski definition) is 1. The number of nitrogens with one attached hydrogen (secondary N) is 1. The van der Waals surface area contributed by atoms with E-state index in [1.54, 1.807) is 38.2 Å². The maximum Gasteiger partial charge on any atom is 0.259 e. The quantitative estimate of drug-likeness (QED) is 0.802. The summed E-state index contributed by atoms with van der Waals surface area (Å²) >= 11 is 0. The van der Waals surface area contributed by atoms with E-state index >= 15 is 0 Å². The van der Waals surface area contributed by atoms with Crippen molar-refractivity contribution in [1.82, 2.24) is 9.21 Å². The summed E-state index contributed by atoms with van der Waals surface area (Å²) in [7, 11) is -0.191. The zero-order valence-corrected chi connectivity index (χ0v) is 18.2. The lowest BCUT2D eigenvalue weighted by Gasteiger charge is -2.35. The molecule has 9 heteroatoms. The van der Waals surface area contributed by atoms with Crippen molar-refractivity contribution in [3.8, 4) is 11.5 Å². The van der Waals surface area contributed by atoms with Gasteiger partial charge in [0.05, 0.1) is 16.9 Å². The number of carbonyl (C=O) groups is 1. The summed E-state index contributed by atoms with van der Waals surface area (Å²) in [6.45, 7) is 5.14. The summed E-state index contributed by atoms with van der Waals surface area (Å²) in [5.74, 6) is 0.482. The maximum absolute atomic E-state index is 13.3. The Morgan fingerprint density at radius 2 is 1.80 bits per heavy atom. The number of ether oxygens (including phenoxy) is 1. The molecule has 0 aromatic heterocycles. The first-order chi connectivity index (χ1) is 14.3. The predicted octanol–water partition coefficient (Wildman–Crippen LogP) is 2.44. The number of fused-ring (bicyclic) bond motifs is 2. The Bertz CT molecular complexity index is 1080. The van der Waals surface area contributed by atoms with Gasteiger partial charge in [-0.2, -0.15) is 0 Å². The average Bonchev–Trinajstić information content (AvgIpc) is 2.88. The van der Waals surface area contributed by atoms with Crippen LogP contribution in [0.4, 0.5) is 11.4 Å². The Hall–Kier alpha value is -2.62. The highest BCUT2D eigenvalue weighted by molar-refractivity contribution is 7.89. The van der Waals surface area contributed by atoms with Crippen molar-refractivity contribution in [2.75, 3.05) is 57.0 Å². The fourth-order valence-electron chi connectivity index (χ4n) is 3.62. The number of anilines is 2. The zero-order valence-electron chi connectivity index (χ0n) is 17.4. The van der Waals surface area contributed by atoms with Gasteiger partial charge >= 0.3 is 0 Å². The van der Waals surface area contributed by atoms with Gasteiger partial charge in [0.15, 0.2) is 5.75 Å². The van der Waals surface area contributed by atoms with Crippen LogP contribution in [0.3, 0.4) is 0 Å². The van der Waals surface area contributed by atoms with Gasteiger partial charge in [-0.3, -0.25) is 4.79 Å². The lowest BCUT2D eigenvalue weighted by molar-refractivity contribution is 0.102. The Morgan fingerprint density at radius 1 is 1.10 bits per heavy atom. The van der Waals surface area contributed by atoms with Crippen LogP contribution in [-0.2, 0) is 10.0 Å². The molecule has 0 radical (unpaired) electrons. The summed E-state index contributed by atoms with van der Waals surface area (Å²) in [4.78, 5) is 17.3.